The van der Waals surface area contributed by atoms with E-state index in [2.05, 4.69) is 11.6 Å². The molecule has 13 heavy (non-hydrogen) atoms. The van der Waals surface area contributed by atoms with Gasteiger partial charge in [0.25, 0.3) is 0 Å². The molecule has 0 saturated carbocycles. The zero-order valence-electron chi connectivity index (χ0n) is 6.14. The van der Waals surface area contributed by atoms with Crippen LogP contribution in [0.2, 0.25) is 0 Å². The van der Waals surface area contributed by atoms with Gasteiger partial charge in [0.05, 0.1) is 0 Å². The van der Waals surface area contributed by atoms with Crippen LogP contribution in [0.5, 0.6) is 0 Å². The predicted octanol–water partition coefficient (Wildman–Crippen LogP) is 4.50. The fourth-order valence-electron chi connectivity index (χ4n) is 0.884. The van der Waals surface area contributed by atoms with Gasteiger partial charge in [0.2, 0.25) is 0 Å². The van der Waals surface area contributed by atoms with Crippen molar-refractivity contribution in [1.82, 2.24) is 8.88 Å². The molecule has 0 spiro atoms. The van der Waals surface area contributed by atoms with E-state index in [9.17, 15) is 25.2 Å². The minimum absolute atomic E-state index is 0.0126. The summed E-state index contributed by atoms with van der Waals surface area (Å²) in [6, 6.07) is -1.58. The summed E-state index contributed by atoms with van der Waals surface area (Å²) < 4.78 is 72.6. The third-order valence-electron chi connectivity index (χ3n) is 1.75. The summed E-state index contributed by atoms with van der Waals surface area (Å²) >= 11 is 4.64. The molecule has 0 aromatic rings. The van der Waals surface area contributed by atoms with Gasteiger partial charge in [-0.25, -0.2) is 0 Å². The maximum absolute atomic E-state index is 12.6. The molecule has 0 N–H and O–H groups in total. The van der Waals surface area contributed by atoms with Crippen LogP contribution < -0.4 is 0 Å². The molecule has 1 aliphatic heterocycles. The van der Waals surface area contributed by atoms with Gasteiger partial charge in [0, 0.05) is 0 Å². The molecule has 0 aliphatic carbocycles. The van der Waals surface area contributed by atoms with Gasteiger partial charge in [-0.15, -0.1) is 0 Å². The van der Waals surface area contributed by atoms with Crippen LogP contribution in [0.25, 0.3) is 0 Å². The van der Waals surface area contributed by atoms with Gasteiger partial charge in [-0.2, -0.15) is 0 Å². The number of rotatable bonds is 1. The summed E-state index contributed by atoms with van der Waals surface area (Å²) in [5.41, 5.74) is 0. The molecule has 82 valence electrons. The molecule has 1 aliphatic rings. The van der Waals surface area contributed by atoms with Crippen LogP contribution in [-0.2, 0) is 0 Å². The van der Waals surface area contributed by atoms with Gasteiger partial charge in [-0.3, -0.25) is 0 Å². The van der Waals surface area contributed by atoms with Gasteiger partial charge >= 0.3 is 74.4 Å². The van der Waals surface area contributed by atoms with E-state index in [1.54, 1.807) is 0 Å². The molecule has 1 rings (SSSR count). The Balaban J connectivity index is 3.18. The molecule has 0 amide bonds. The Hall–Kier alpha value is 0.650. The first kappa shape index (κ1) is 11.7. The van der Waals surface area contributed by atoms with Crippen molar-refractivity contribution in [2.24, 2.45) is 0 Å². The van der Waals surface area contributed by atoms with E-state index in [1.807, 2.05) is 0 Å². The van der Waals surface area contributed by atoms with E-state index in [0.717, 1.165) is 0 Å². The molecule has 0 aromatic heterocycles. The molecule has 0 atom stereocenters. The van der Waals surface area contributed by atoms with Gasteiger partial charge in [0.1, 0.15) is 0 Å². The van der Waals surface area contributed by atoms with E-state index < -0.39 is 30.6 Å². The first-order valence-corrected chi connectivity index (χ1v) is 7.01. The first-order valence-electron chi connectivity index (χ1n) is 2.84. The number of hydrogen-bond donors (Lipinski definition) is 0. The van der Waals surface area contributed by atoms with E-state index in [4.69, 9.17) is 0 Å². The van der Waals surface area contributed by atoms with Crippen LogP contribution in [0.3, 0.4) is 0 Å². The number of halogens is 7. The van der Waals surface area contributed by atoms with Crippen LogP contribution in [0.15, 0.2) is 0 Å². The normalized spacial score (nSPS) is 41.8. The summed E-state index contributed by atoms with van der Waals surface area (Å²) in [5, 5.41) is 0. The number of hydrogen-bond acceptors (Lipinski definition) is 2. The summed E-state index contributed by atoms with van der Waals surface area (Å²) in [5.74, 6) is 0. The fourth-order valence-corrected chi connectivity index (χ4v) is 7.19. The maximum atomic E-state index is 12.6. The molecule has 11 heteroatoms. The van der Waals surface area contributed by atoms with E-state index in [1.165, 1.54) is 0 Å². The summed E-state index contributed by atoms with van der Waals surface area (Å²) in [6.07, 6.45) is 0. The average Bonchev–Trinajstić information content (AvgIpc) is 1.82. The fraction of sp³-hybridized carbons (Fsp3) is 1.00. The second-order valence-electron chi connectivity index (χ2n) is 2.45. The van der Waals surface area contributed by atoms with Crippen molar-refractivity contribution in [3.05, 3.63) is 0 Å². The topological polar surface area (TPSA) is 6.48 Å². The Labute approximate surface area is 75.2 Å². The third kappa shape index (κ3) is 1.20. The second kappa shape index (κ2) is 2.25. The Morgan fingerprint density at radius 1 is 1.00 bits per heavy atom. The molecule has 1 saturated heterocycles. The molecular weight excluding hydrogens is 263 g/mol. The van der Waals surface area contributed by atoms with Gasteiger partial charge in [-0.05, 0) is 0 Å². The Bertz CT molecular complexity index is 231. The zero-order valence-corrected chi connectivity index (χ0v) is 8.69. The number of nitrogens with zero attached hydrogens (tertiary/aromatic N) is 2. The van der Waals surface area contributed by atoms with Crippen LogP contribution in [0.1, 0.15) is 0 Å². The summed E-state index contributed by atoms with van der Waals surface area (Å²) in [4.78, 5) is 0. The second-order valence-corrected chi connectivity index (χ2v) is 8.43. The van der Waals surface area contributed by atoms with Crippen LogP contribution in [0, 0.1) is 0 Å². The first-order chi connectivity index (χ1) is 5.41. The Kier molecular flexibility index (Phi) is 2.03. The summed E-state index contributed by atoms with van der Waals surface area (Å²) in [7, 11) is -14.8. The predicted molar refractivity (Wildman–Crippen MR) is 40.8 cm³/mol. The van der Waals surface area contributed by atoms with Crippen molar-refractivity contribution in [1.29, 1.82) is 0 Å². The SMILES string of the molecule is CN1P(F)(F)(F)N(CCl)P1(F)(F)F. The van der Waals surface area contributed by atoms with Crippen LogP contribution in [0.4, 0.5) is 25.2 Å². The molecule has 1 fully saturated rings. The average molecular weight is 268 g/mol. The van der Waals surface area contributed by atoms with Gasteiger partial charge in [0.15, 0.2) is 0 Å². The Morgan fingerprint density at radius 3 is 1.46 bits per heavy atom. The zero-order chi connectivity index (χ0) is 10.8. The van der Waals surface area contributed by atoms with E-state index in [-0.39, 0.29) is 7.05 Å². The van der Waals surface area contributed by atoms with Crippen molar-refractivity contribution >= 4 is 27.3 Å². The third-order valence-corrected chi connectivity index (χ3v) is 9.29. The number of alkyl halides is 1. The monoisotopic (exact) mass is 268 g/mol. The van der Waals surface area contributed by atoms with Crippen molar-refractivity contribution in [3.63, 3.8) is 0 Å². The van der Waals surface area contributed by atoms with E-state index in [0.29, 0.717) is 0 Å². The Morgan fingerprint density at radius 2 is 1.31 bits per heavy atom. The summed E-state index contributed by atoms with van der Waals surface area (Å²) in [6.45, 7) is 0. The molecular formula is C2H5ClF6N2P2. The van der Waals surface area contributed by atoms with Crippen molar-refractivity contribution in [3.8, 4) is 0 Å². The molecule has 1 heterocycles. The van der Waals surface area contributed by atoms with Crippen LogP contribution in [-0.4, -0.2) is 21.9 Å². The molecule has 0 bridgehead atoms. The van der Waals surface area contributed by atoms with Crippen LogP contribution >= 0.6 is 27.3 Å². The quantitative estimate of drug-likeness (QED) is 0.299. The minimum atomic E-state index is -7.39. The van der Waals surface area contributed by atoms with Gasteiger partial charge < -0.3 is 0 Å². The molecule has 0 unspecified atom stereocenters. The molecule has 2 nitrogen and oxygen atoms in total. The van der Waals surface area contributed by atoms with Gasteiger partial charge in [-0.1, -0.05) is 0 Å². The molecule has 0 radical (unpaired) electrons. The standard InChI is InChI=1S/C2H5ClF6N2P2/c1-10-12(4,5,6)11(2-3)13(10,7,8)9/h2H2,1H3. The van der Waals surface area contributed by atoms with Crippen molar-refractivity contribution < 1.29 is 25.2 Å². The van der Waals surface area contributed by atoms with E-state index >= 15 is 0 Å². The van der Waals surface area contributed by atoms with Crippen molar-refractivity contribution in [2.45, 2.75) is 0 Å². The molecule has 0 aromatic carbocycles. The van der Waals surface area contributed by atoms with Crippen molar-refractivity contribution in [2.75, 3.05) is 13.1 Å².